The molecule has 3 heteroatoms. The molecule has 0 saturated heterocycles. The van der Waals surface area contributed by atoms with Gasteiger partial charge in [0.05, 0.1) is 0 Å². The second-order valence-corrected chi connectivity index (χ2v) is 3.69. The Morgan fingerprint density at radius 1 is 1.08 bits per heavy atom. The first kappa shape index (κ1) is 15.4. The van der Waals surface area contributed by atoms with E-state index in [9.17, 15) is 0 Å². The molecule has 0 aliphatic heterocycles. The van der Waals surface area contributed by atoms with Gasteiger partial charge in [-0.2, -0.15) is 0 Å². The summed E-state index contributed by atoms with van der Waals surface area (Å²) in [6, 6.07) is 1.04. The van der Waals surface area contributed by atoms with Crippen LogP contribution in [0.2, 0.25) is 0 Å². The van der Waals surface area contributed by atoms with Gasteiger partial charge in [-0.1, -0.05) is 23.1 Å². The summed E-state index contributed by atoms with van der Waals surface area (Å²) in [6.07, 6.45) is 0. The van der Waals surface area contributed by atoms with Crippen LogP contribution in [-0.4, -0.2) is 29.6 Å². The van der Waals surface area contributed by atoms with Crippen molar-refractivity contribution in [3.63, 3.8) is 0 Å². The summed E-state index contributed by atoms with van der Waals surface area (Å²) in [5.41, 5.74) is 1.04. The first-order valence-electron chi connectivity index (χ1n) is 5.01. The zero-order valence-electron chi connectivity index (χ0n) is 10.1. The molecule has 0 N–H and O–H groups in total. The minimum atomic E-state index is 0.520. The predicted molar refractivity (Wildman–Crippen MR) is 66.5 cm³/mol. The van der Waals surface area contributed by atoms with Crippen LogP contribution in [0.5, 0.6) is 0 Å². The number of rotatable bonds is 2. The van der Waals surface area contributed by atoms with Crippen molar-refractivity contribution in [2.24, 2.45) is 4.99 Å². The SMILES string of the molecule is CC.CN=C(P)N(C(C)C)C(C)C. The fourth-order valence-electron chi connectivity index (χ4n) is 1.24. The van der Waals surface area contributed by atoms with Crippen molar-refractivity contribution in [3.05, 3.63) is 0 Å². The molecule has 0 aromatic heterocycles. The molecular weight excluding hydrogens is 179 g/mol. The lowest BCUT2D eigenvalue weighted by atomic mass is 10.2. The zero-order chi connectivity index (χ0) is 11.0. The molecule has 0 aromatic rings. The molecule has 0 saturated carbocycles. The van der Waals surface area contributed by atoms with Gasteiger partial charge >= 0.3 is 0 Å². The van der Waals surface area contributed by atoms with Gasteiger partial charge in [-0.3, -0.25) is 4.99 Å². The van der Waals surface area contributed by atoms with Gasteiger partial charge in [0.15, 0.2) is 0 Å². The summed E-state index contributed by atoms with van der Waals surface area (Å²) in [5.74, 6) is 0. The van der Waals surface area contributed by atoms with Gasteiger partial charge in [0.2, 0.25) is 0 Å². The van der Waals surface area contributed by atoms with Crippen LogP contribution < -0.4 is 0 Å². The molecule has 1 unspecified atom stereocenters. The van der Waals surface area contributed by atoms with Crippen LogP contribution in [0, 0.1) is 0 Å². The average molecular weight is 204 g/mol. The Labute approximate surface area is 86.0 Å². The van der Waals surface area contributed by atoms with Crippen LogP contribution >= 0.6 is 9.24 Å². The molecule has 0 rings (SSSR count). The van der Waals surface area contributed by atoms with Gasteiger partial charge in [-0.25, -0.2) is 0 Å². The number of hydrogen-bond acceptors (Lipinski definition) is 1. The van der Waals surface area contributed by atoms with Crippen molar-refractivity contribution in [2.45, 2.75) is 53.6 Å². The minimum absolute atomic E-state index is 0.520. The van der Waals surface area contributed by atoms with E-state index in [4.69, 9.17) is 0 Å². The van der Waals surface area contributed by atoms with E-state index in [1.54, 1.807) is 0 Å². The summed E-state index contributed by atoms with van der Waals surface area (Å²) >= 11 is 0. The fraction of sp³-hybridized carbons (Fsp3) is 0.900. The molecule has 13 heavy (non-hydrogen) atoms. The van der Waals surface area contributed by atoms with E-state index in [0.717, 1.165) is 5.58 Å². The highest BCUT2D eigenvalue weighted by atomic mass is 31.0. The third-order valence-corrected chi connectivity index (χ3v) is 2.16. The fourth-order valence-corrected chi connectivity index (χ4v) is 1.84. The molecule has 0 fully saturated rings. The molecule has 0 aliphatic carbocycles. The average Bonchev–Trinajstić information content (AvgIpc) is 2.06. The minimum Gasteiger partial charge on any atom is -0.352 e. The maximum absolute atomic E-state index is 4.14. The van der Waals surface area contributed by atoms with Crippen LogP contribution in [0.4, 0.5) is 0 Å². The summed E-state index contributed by atoms with van der Waals surface area (Å²) < 4.78 is 0. The van der Waals surface area contributed by atoms with E-state index in [2.05, 4.69) is 46.8 Å². The molecule has 1 atom stereocenters. The van der Waals surface area contributed by atoms with E-state index in [0.29, 0.717) is 12.1 Å². The lowest BCUT2D eigenvalue weighted by Crippen LogP contribution is -2.39. The molecular formula is C10H25N2P. The smallest absolute Gasteiger partial charge is 0.116 e. The van der Waals surface area contributed by atoms with E-state index in [-0.39, 0.29) is 0 Å². The number of hydrogen-bond donors (Lipinski definition) is 0. The van der Waals surface area contributed by atoms with Crippen LogP contribution in [0.25, 0.3) is 0 Å². The van der Waals surface area contributed by atoms with E-state index in [1.807, 2.05) is 20.9 Å². The van der Waals surface area contributed by atoms with Crippen molar-refractivity contribution >= 4 is 14.8 Å². The second kappa shape index (κ2) is 8.50. The molecule has 80 valence electrons. The molecule has 0 amide bonds. The lowest BCUT2D eigenvalue weighted by molar-refractivity contribution is 0.298. The van der Waals surface area contributed by atoms with Gasteiger partial charge < -0.3 is 4.90 Å². The molecule has 0 radical (unpaired) electrons. The maximum atomic E-state index is 4.14. The largest absolute Gasteiger partial charge is 0.352 e. The van der Waals surface area contributed by atoms with Gasteiger partial charge in [-0.15, -0.1) is 0 Å². The van der Waals surface area contributed by atoms with Crippen LogP contribution in [0.15, 0.2) is 4.99 Å². The summed E-state index contributed by atoms with van der Waals surface area (Å²) in [7, 11) is 4.48. The standard InChI is InChI=1S/C8H19N2P.C2H6/c1-6(2)10(7(3)4)8(11)9-5;1-2/h6-7H,11H2,1-5H3;1-2H3. The van der Waals surface area contributed by atoms with Gasteiger partial charge in [0, 0.05) is 19.1 Å². The Morgan fingerprint density at radius 2 is 1.38 bits per heavy atom. The zero-order valence-corrected chi connectivity index (χ0v) is 11.3. The first-order valence-corrected chi connectivity index (χ1v) is 5.59. The lowest BCUT2D eigenvalue weighted by Gasteiger charge is -2.32. The molecule has 0 spiro atoms. The third-order valence-electron chi connectivity index (χ3n) is 1.61. The Bertz CT molecular complexity index is 134. The highest BCUT2D eigenvalue weighted by Crippen LogP contribution is 2.09. The molecule has 0 bridgehead atoms. The Hall–Kier alpha value is -0.100. The summed E-state index contributed by atoms with van der Waals surface area (Å²) in [5, 5.41) is 0. The van der Waals surface area contributed by atoms with Crippen LogP contribution in [0.3, 0.4) is 0 Å². The quantitative estimate of drug-likeness (QED) is 0.383. The topological polar surface area (TPSA) is 15.6 Å². The highest BCUT2D eigenvalue weighted by Gasteiger charge is 2.13. The Morgan fingerprint density at radius 3 is 1.46 bits per heavy atom. The molecule has 0 aliphatic rings. The van der Waals surface area contributed by atoms with Crippen molar-refractivity contribution < 1.29 is 0 Å². The highest BCUT2D eigenvalue weighted by molar-refractivity contribution is 7.40. The summed E-state index contributed by atoms with van der Waals surface area (Å²) in [4.78, 5) is 6.41. The van der Waals surface area contributed by atoms with Crippen molar-refractivity contribution in [1.82, 2.24) is 4.90 Å². The van der Waals surface area contributed by atoms with Crippen molar-refractivity contribution in [2.75, 3.05) is 7.05 Å². The maximum Gasteiger partial charge on any atom is 0.116 e. The third kappa shape index (κ3) is 6.04. The number of amidine groups is 1. The molecule has 2 nitrogen and oxygen atoms in total. The number of nitrogens with zero attached hydrogens (tertiary/aromatic N) is 2. The van der Waals surface area contributed by atoms with Gasteiger partial charge in [0.25, 0.3) is 0 Å². The van der Waals surface area contributed by atoms with Crippen LogP contribution in [0.1, 0.15) is 41.5 Å². The van der Waals surface area contributed by atoms with Gasteiger partial charge in [0.1, 0.15) is 5.58 Å². The van der Waals surface area contributed by atoms with Crippen molar-refractivity contribution in [1.29, 1.82) is 0 Å². The first-order chi connectivity index (χ1) is 6.00. The summed E-state index contributed by atoms with van der Waals surface area (Å²) in [6.45, 7) is 12.7. The van der Waals surface area contributed by atoms with Gasteiger partial charge in [-0.05, 0) is 27.7 Å². The monoisotopic (exact) mass is 204 g/mol. The van der Waals surface area contributed by atoms with Crippen LogP contribution in [-0.2, 0) is 0 Å². The second-order valence-electron chi connectivity index (χ2n) is 3.18. The van der Waals surface area contributed by atoms with E-state index < -0.39 is 0 Å². The Balaban J connectivity index is 0. The normalized spacial score (nSPS) is 11.4. The molecule has 0 aromatic carbocycles. The number of aliphatic imine (C=N–C) groups is 1. The Kier molecular flexibility index (Phi) is 10.0. The molecule has 0 heterocycles. The van der Waals surface area contributed by atoms with E-state index >= 15 is 0 Å². The van der Waals surface area contributed by atoms with Crippen molar-refractivity contribution in [3.8, 4) is 0 Å². The van der Waals surface area contributed by atoms with E-state index in [1.165, 1.54) is 0 Å². The predicted octanol–water partition coefficient (Wildman–Crippen LogP) is 2.99.